The van der Waals surface area contributed by atoms with Crippen molar-refractivity contribution < 1.29 is 19.5 Å². The van der Waals surface area contributed by atoms with Crippen LogP contribution in [-0.4, -0.2) is 66.6 Å². The highest BCUT2D eigenvalue weighted by molar-refractivity contribution is 6.02. The van der Waals surface area contributed by atoms with Gasteiger partial charge in [-0.05, 0) is 56.9 Å². The van der Waals surface area contributed by atoms with Crippen molar-refractivity contribution >= 4 is 29.1 Å². The Balaban J connectivity index is 1.95. The van der Waals surface area contributed by atoms with Crippen molar-refractivity contribution in [1.82, 2.24) is 10.2 Å². The van der Waals surface area contributed by atoms with Gasteiger partial charge in [-0.15, -0.1) is 0 Å². The minimum absolute atomic E-state index is 0.0781. The number of hydrogen-bond donors (Lipinski definition) is 3. The maximum Gasteiger partial charge on any atom is 0.247 e. The van der Waals surface area contributed by atoms with Crippen LogP contribution in [0.15, 0.2) is 36.4 Å². The first kappa shape index (κ1) is 26.7. The maximum absolute atomic E-state index is 13.8. The van der Waals surface area contributed by atoms with Crippen LogP contribution < -0.4 is 15.5 Å². The van der Waals surface area contributed by atoms with Crippen molar-refractivity contribution in [3.8, 4) is 0 Å². The molecule has 0 aromatic heterocycles. The van der Waals surface area contributed by atoms with E-state index in [-0.39, 0.29) is 30.2 Å². The van der Waals surface area contributed by atoms with Gasteiger partial charge >= 0.3 is 0 Å². The van der Waals surface area contributed by atoms with Crippen LogP contribution in [0.4, 0.5) is 11.4 Å². The molecule has 8 heteroatoms. The van der Waals surface area contributed by atoms with Crippen LogP contribution in [0.2, 0.25) is 0 Å². The number of rotatable bonds is 10. The number of aliphatic hydroxyl groups is 1. The molecule has 0 radical (unpaired) electrons. The van der Waals surface area contributed by atoms with Crippen molar-refractivity contribution in [3.05, 3.63) is 36.4 Å². The van der Waals surface area contributed by atoms with Crippen molar-refractivity contribution in [1.29, 1.82) is 0 Å². The third-order valence-corrected chi connectivity index (χ3v) is 7.68. The van der Waals surface area contributed by atoms with Gasteiger partial charge in [0.25, 0.3) is 0 Å². The Kier molecular flexibility index (Phi) is 8.94. The second-order valence-corrected chi connectivity index (χ2v) is 9.34. The van der Waals surface area contributed by atoms with Crippen LogP contribution in [0.1, 0.15) is 40.5 Å². The molecule has 192 valence electrons. The monoisotopic (exact) mass is 484 g/mol. The number of fused-ring (bicyclic) bond motifs is 1. The average molecular weight is 485 g/mol. The molecule has 0 bridgehead atoms. The molecule has 1 aliphatic carbocycles. The van der Waals surface area contributed by atoms with E-state index in [0.29, 0.717) is 12.1 Å². The van der Waals surface area contributed by atoms with Crippen LogP contribution in [0.25, 0.3) is 0 Å². The summed E-state index contributed by atoms with van der Waals surface area (Å²) in [5.41, 5.74) is 1.72. The van der Waals surface area contributed by atoms with E-state index >= 15 is 0 Å². The number of benzene rings is 1. The van der Waals surface area contributed by atoms with Crippen molar-refractivity contribution in [2.45, 2.75) is 52.6 Å². The van der Waals surface area contributed by atoms with Gasteiger partial charge in [-0.25, -0.2) is 0 Å². The molecule has 6 atom stereocenters. The van der Waals surface area contributed by atoms with Crippen molar-refractivity contribution in [2.24, 2.45) is 23.7 Å². The zero-order chi connectivity index (χ0) is 25.7. The molecule has 1 aromatic carbocycles. The number of nitrogens with one attached hydrogen (secondary N) is 2. The highest BCUT2D eigenvalue weighted by atomic mass is 16.3. The normalized spacial score (nSPS) is 26.3. The van der Waals surface area contributed by atoms with E-state index in [9.17, 15) is 19.5 Å². The molecule has 0 spiro atoms. The molecule has 2 aliphatic rings. The molecule has 35 heavy (non-hydrogen) atoms. The van der Waals surface area contributed by atoms with Gasteiger partial charge in [0, 0.05) is 37.4 Å². The molecule has 0 saturated carbocycles. The van der Waals surface area contributed by atoms with Crippen LogP contribution >= 0.6 is 0 Å². The largest absolute Gasteiger partial charge is 0.394 e. The summed E-state index contributed by atoms with van der Waals surface area (Å²) in [4.78, 5) is 44.0. The second kappa shape index (κ2) is 11.7. The Morgan fingerprint density at radius 2 is 1.71 bits per heavy atom. The third-order valence-electron chi connectivity index (χ3n) is 7.68. The summed E-state index contributed by atoms with van der Waals surface area (Å²) in [6, 6.07) is 6.38. The predicted octanol–water partition coefficient (Wildman–Crippen LogP) is 2.64. The van der Waals surface area contributed by atoms with Crippen molar-refractivity contribution in [3.63, 3.8) is 0 Å². The minimum atomic E-state index is -0.798. The smallest absolute Gasteiger partial charge is 0.247 e. The number of likely N-dealkylation sites (tertiary alicyclic amines) is 1. The van der Waals surface area contributed by atoms with Gasteiger partial charge < -0.3 is 25.5 Å². The minimum Gasteiger partial charge on any atom is -0.394 e. The fourth-order valence-electron chi connectivity index (χ4n) is 5.73. The number of carbonyl (C=O) groups excluding carboxylic acids is 3. The summed E-state index contributed by atoms with van der Waals surface area (Å²) >= 11 is 0. The Morgan fingerprint density at radius 3 is 2.23 bits per heavy atom. The average Bonchev–Trinajstić information content (AvgIpc) is 3.17. The first-order valence-electron chi connectivity index (χ1n) is 12.8. The summed E-state index contributed by atoms with van der Waals surface area (Å²) in [5.74, 6) is -2.42. The summed E-state index contributed by atoms with van der Waals surface area (Å²) in [7, 11) is 1.58. The highest BCUT2D eigenvalue weighted by Crippen LogP contribution is 2.46. The van der Waals surface area contributed by atoms with Crippen LogP contribution in [-0.2, 0) is 14.4 Å². The van der Waals surface area contributed by atoms with E-state index in [4.69, 9.17) is 0 Å². The number of aliphatic hydroxyl groups excluding tert-OH is 1. The molecule has 8 nitrogen and oxygen atoms in total. The molecule has 3 amide bonds. The fraction of sp³-hybridized carbons (Fsp3) is 0.593. The lowest BCUT2D eigenvalue weighted by atomic mass is 9.69. The van der Waals surface area contributed by atoms with Gasteiger partial charge in [-0.1, -0.05) is 26.0 Å². The van der Waals surface area contributed by atoms with Gasteiger partial charge in [-0.2, -0.15) is 0 Å². The van der Waals surface area contributed by atoms with E-state index in [1.54, 1.807) is 7.05 Å². The Bertz CT molecular complexity index is 924. The van der Waals surface area contributed by atoms with Crippen LogP contribution in [0.5, 0.6) is 0 Å². The van der Waals surface area contributed by atoms with E-state index in [1.807, 2.05) is 50.3 Å². The molecule has 3 rings (SSSR count). The Hall–Kier alpha value is -2.87. The first-order valence-corrected chi connectivity index (χ1v) is 12.8. The van der Waals surface area contributed by atoms with E-state index in [1.165, 1.54) is 4.90 Å². The molecule has 3 N–H and O–H groups in total. The van der Waals surface area contributed by atoms with E-state index in [0.717, 1.165) is 25.2 Å². The number of anilines is 2. The topological polar surface area (TPSA) is 102 Å². The number of allylic oxidation sites excluding steroid dienone is 1. The number of nitrogens with zero attached hydrogens (tertiary/aromatic N) is 2. The summed E-state index contributed by atoms with van der Waals surface area (Å²) in [6.45, 7) is 9.62. The second-order valence-electron chi connectivity index (χ2n) is 9.34. The van der Waals surface area contributed by atoms with Crippen molar-refractivity contribution in [2.75, 3.05) is 37.0 Å². The molecular formula is C27H40N4O4. The number of carbonyl (C=O) groups is 3. The SMILES string of the molecule is CC[C@@H](CO)N1C(=O)[C@@H]2[C@H](C=C[C@@H](CC)[C@H]2C(=O)NC)[C@H]1C(=O)Nc1ccc(N(CC)CC)cc1. The predicted molar refractivity (Wildman–Crippen MR) is 138 cm³/mol. The first-order chi connectivity index (χ1) is 16.9. The van der Waals surface area contributed by atoms with Gasteiger partial charge in [0.1, 0.15) is 6.04 Å². The summed E-state index contributed by atoms with van der Waals surface area (Å²) in [6.07, 6.45) is 5.15. The standard InChI is InChI=1S/C27H40N4O4/c1-6-17-10-15-21-23(22(17)25(33)28-5)27(35)31(19(7-2)16-32)24(21)26(34)29-18-11-13-20(14-12-18)30(8-3)9-4/h10-15,17,19,21-24,32H,6-9,16H2,1-5H3,(H,28,33)(H,29,34)/t17-,19+,21+,22-,23-,24+/m1/s1. The molecule has 1 heterocycles. The zero-order valence-corrected chi connectivity index (χ0v) is 21.5. The number of amides is 3. The summed E-state index contributed by atoms with van der Waals surface area (Å²) in [5, 5.41) is 15.8. The molecule has 1 saturated heterocycles. The molecule has 1 aromatic rings. The van der Waals surface area contributed by atoms with Gasteiger partial charge in [0.2, 0.25) is 17.7 Å². The van der Waals surface area contributed by atoms with Gasteiger partial charge in [0.05, 0.1) is 24.5 Å². The fourth-order valence-corrected chi connectivity index (χ4v) is 5.73. The third kappa shape index (κ3) is 5.08. The van der Waals surface area contributed by atoms with Crippen LogP contribution in [0, 0.1) is 23.7 Å². The zero-order valence-electron chi connectivity index (χ0n) is 21.5. The quantitative estimate of drug-likeness (QED) is 0.443. The van der Waals surface area contributed by atoms with Gasteiger partial charge in [0.15, 0.2) is 0 Å². The molecular weight excluding hydrogens is 444 g/mol. The Labute approximate surface area is 208 Å². The molecule has 0 unspecified atom stereocenters. The van der Waals surface area contributed by atoms with Gasteiger partial charge in [-0.3, -0.25) is 14.4 Å². The van der Waals surface area contributed by atoms with E-state index < -0.39 is 29.8 Å². The lowest BCUT2D eigenvalue weighted by molar-refractivity contribution is -0.142. The lowest BCUT2D eigenvalue weighted by Crippen LogP contribution is -2.50. The Morgan fingerprint density at radius 1 is 1.06 bits per heavy atom. The van der Waals surface area contributed by atoms with Crippen LogP contribution in [0.3, 0.4) is 0 Å². The lowest BCUT2D eigenvalue weighted by Gasteiger charge is -2.34. The maximum atomic E-state index is 13.8. The van der Waals surface area contributed by atoms with E-state index in [2.05, 4.69) is 29.4 Å². The summed E-state index contributed by atoms with van der Waals surface area (Å²) < 4.78 is 0. The number of hydrogen-bond acceptors (Lipinski definition) is 5. The highest BCUT2D eigenvalue weighted by Gasteiger charge is 2.58. The molecule has 1 aliphatic heterocycles. The molecule has 1 fully saturated rings.